The van der Waals surface area contributed by atoms with Gasteiger partial charge in [0, 0.05) is 28.4 Å². The summed E-state index contributed by atoms with van der Waals surface area (Å²) >= 11 is 0. The van der Waals surface area contributed by atoms with Gasteiger partial charge in [-0.3, -0.25) is 0 Å². The molecule has 1 unspecified atom stereocenters. The van der Waals surface area contributed by atoms with Crippen molar-refractivity contribution in [1.29, 1.82) is 0 Å². The maximum absolute atomic E-state index is 2.50. The Bertz CT molecular complexity index is 3020. The largest absolute Gasteiger partial charge is 0.335 e. The molecule has 2 nitrogen and oxygen atoms in total. The van der Waals surface area contributed by atoms with Crippen LogP contribution in [0.15, 0.2) is 261 Å². The smallest absolute Gasteiger partial charge is 0.0528 e. The van der Waals surface area contributed by atoms with Crippen LogP contribution < -0.4 is 9.80 Å². The fourth-order valence-electron chi connectivity index (χ4n) is 8.83. The van der Waals surface area contributed by atoms with Crippen LogP contribution in [0, 0.1) is 20.8 Å². The third kappa shape index (κ3) is 13.8. The molecule has 1 atom stereocenters. The molecule has 0 aliphatic heterocycles. The van der Waals surface area contributed by atoms with Crippen molar-refractivity contribution >= 4 is 45.7 Å². The Morgan fingerprint density at radius 2 is 0.764 bits per heavy atom. The number of anilines is 5. The Morgan fingerprint density at radius 1 is 0.389 bits per heavy atom. The minimum Gasteiger partial charge on any atom is -0.335 e. The van der Waals surface area contributed by atoms with Gasteiger partial charge in [0.1, 0.15) is 0 Å². The van der Waals surface area contributed by atoms with Gasteiger partial charge in [-0.25, -0.2) is 0 Å². The zero-order valence-electron chi connectivity index (χ0n) is 43.3. The molecule has 2 heteroatoms. The summed E-state index contributed by atoms with van der Waals surface area (Å²) in [5.41, 5.74) is 19.2. The van der Waals surface area contributed by atoms with E-state index < -0.39 is 0 Å². The maximum atomic E-state index is 2.50. The van der Waals surface area contributed by atoms with Crippen molar-refractivity contribution in [2.45, 2.75) is 67.3 Å². The predicted molar refractivity (Wildman–Crippen MR) is 315 cm³/mol. The van der Waals surface area contributed by atoms with Gasteiger partial charge in [-0.2, -0.15) is 0 Å². The number of benzene rings is 9. The van der Waals surface area contributed by atoms with Gasteiger partial charge in [0.05, 0.1) is 6.04 Å². The first-order valence-electron chi connectivity index (χ1n) is 25.8. The summed E-state index contributed by atoms with van der Waals surface area (Å²) in [5, 5.41) is 0. The van der Waals surface area contributed by atoms with Gasteiger partial charge >= 0.3 is 0 Å². The average Bonchev–Trinajstić information content (AvgIpc) is 3.71. The van der Waals surface area contributed by atoms with Crippen LogP contribution in [0.4, 0.5) is 28.4 Å². The normalized spacial score (nSPS) is 12.4. The molecule has 0 saturated heterocycles. The zero-order valence-corrected chi connectivity index (χ0v) is 43.3. The maximum Gasteiger partial charge on any atom is 0.0528 e. The molecule has 360 valence electrons. The topological polar surface area (TPSA) is 6.48 Å². The molecule has 9 aromatic carbocycles. The first-order chi connectivity index (χ1) is 35.4. The number of hydrogen-bond donors (Lipinski definition) is 0. The first-order valence-corrected chi connectivity index (χ1v) is 25.8. The average molecular weight is 939 g/mol. The van der Waals surface area contributed by atoms with Gasteiger partial charge in [0.15, 0.2) is 0 Å². The molecule has 1 aliphatic rings. The van der Waals surface area contributed by atoms with E-state index in [2.05, 4.69) is 279 Å². The third-order valence-corrected chi connectivity index (χ3v) is 12.5. The van der Waals surface area contributed by atoms with Crippen molar-refractivity contribution in [2.24, 2.45) is 0 Å². The zero-order chi connectivity index (χ0) is 50.5. The number of rotatable bonds is 11. The lowest BCUT2D eigenvalue weighted by atomic mass is 9.95. The molecule has 0 radical (unpaired) electrons. The van der Waals surface area contributed by atoms with E-state index in [1.54, 1.807) is 0 Å². The lowest BCUT2D eigenvalue weighted by Crippen LogP contribution is -2.29. The van der Waals surface area contributed by atoms with Crippen molar-refractivity contribution in [3.8, 4) is 11.1 Å². The van der Waals surface area contributed by atoms with Crippen molar-refractivity contribution in [3.63, 3.8) is 0 Å². The van der Waals surface area contributed by atoms with Gasteiger partial charge in [0.2, 0.25) is 0 Å². The van der Waals surface area contributed by atoms with E-state index in [1.807, 2.05) is 45.9 Å². The monoisotopic (exact) mass is 939 g/mol. The second-order valence-electron chi connectivity index (χ2n) is 17.5. The Morgan fingerprint density at radius 3 is 1.21 bits per heavy atom. The van der Waals surface area contributed by atoms with Crippen molar-refractivity contribution in [1.82, 2.24) is 0 Å². The molecule has 0 saturated carbocycles. The molecular formula is C70H70N2. The highest BCUT2D eigenvalue weighted by Crippen LogP contribution is 2.38. The van der Waals surface area contributed by atoms with Gasteiger partial charge in [-0.15, -0.1) is 0 Å². The minimum absolute atomic E-state index is 0.220. The number of allylic oxidation sites excluding steroid dienone is 3. The molecule has 0 spiro atoms. The van der Waals surface area contributed by atoms with Gasteiger partial charge < -0.3 is 9.80 Å². The summed E-state index contributed by atoms with van der Waals surface area (Å²) in [5.74, 6) is 0. The summed E-state index contributed by atoms with van der Waals surface area (Å²) in [4.78, 5) is 4.84. The van der Waals surface area contributed by atoms with E-state index in [-0.39, 0.29) is 6.04 Å². The molecule has 10 rings (SSSR count). The van der Waals surface area contributed by atoms with Crippen LogP contribution in [-0.4, -0.2) is 6.04 Å². The Labute approximate surface area is 431 Å². The second kappa shape index (κ2) is 26.7. The summed E-state index contributed by atoms with van der Waals surface area (Å²) in [6, 6.07) is 87.2. The lowest BCUT2D eigenvalue weighted by molar-refractivity contribution is 0.713. The van der Waals surface area contributed by atoms with Crippen LogP contribution >= 0.6 is 0 Å². The van der Waals surface area contributed by atoms with Gasteiger partial charge in [-0.05, 0) is 145 Å². The SMILES string of the molecule is CC.CC.Cc1ccc(N(c2ccc(C=C(c3ccccc3)c3ccccc3)cc2)c2ccc(-c3ccc(N(c4ccc(C)cc4)C4C=CC(c5ccccc5)=CCC4)cc3)cc2)cc1.Cc1ccccc1. The summed E-state index contributed by atoms with van der Waals surface area (Å²) in [6.07, 6.45) is 11.4. The molecular weight excluding hydrogens is 869 g/mol. The number of nitrogens with zero attached hydrogens (tertiary/aromatic N) is 2. The van der Waals surface area contributed by atoms with Crippen LogP contribution in [0.2, 0.25) is 0 Å². The van der Waals surface area contributed by atoms with Crippen LogP contribution in [0.5, 0.6) is 0 Å². The van der Waals surface area contributed by atoms with E-state index in [0.29, 0.717) is 0 Å². The Hall–Kier alpha value is -8.20. The molecule has 0 N–H and O–H groups in total. The fourth-order valence-corrected chi connectivity index (χ4v) is 8.83. The van der Waals surface area contributed by atoms with Crippen LogP contribution in [0.3, 0.4) is 0 Å². The molecule has 0 heterocycles. The van der Waals surface area contributed by atoms with E-state index in [4.69, 9.17) is 0 Å². The highest BCUT2D eigenvalue weighted by Gasteiger charge is 2.21. The Kier molecular flexibility index (Phi) is 19.1. The fraction of sp³-hybridized carbons (Fsp3) is 0.143. The van der Waals surface area contributed by atoms with Crippen LogP contribution in [0.1, 0.15) is 79.5 Å². The lowest BCUT2D eigenvalue weighted by Gasteiger charge is -2.32. The Balaban J connectivity index is 0.000000625. The molecule has 72 heavy (non-hydrogen) atoms. The number of aryl methyl sites for hydroxylation is 3. The standard InChI is InChI=1S/C59H50N2.C7H8.2C2H6/c1-44-21-32-54(33-22-44)60(53-20-12-19-48(27-38-53)47-13-6-3-7-14-47)57-39-28-49(29-40-57)50-30-41-58(42-31-50)61(55-34-23-45(2)24-35-55)56-36-25-46(26-37-56)43-59(51-15-8-4-9-16-51)52-17-10-5-11-18-52;1-7-5-3-2-4-6-7;2*1-2/h3-11,13-19,21-43,53H,12,20H2,1-2H3;2-6H,1H3;2*1-2H3. The number of hydrogen-bond acceptors (Lipinski definition) is 2. The van der Waals surface area contributed by atoms with Crippen molar-refractivity contribution < 1.29 is 0 Å². The molecule has 0 amide bonds. The highest BCUT2D eigenvalue weighted by atomic mass is 15.2. The van der Waals surface area contributed by atoms with Crippen LogP contribution in [-0.2, 0) is 0 Å². The first kappa shape index (κ1) is 51.6. The predicted octanol–water partition coefficient (Wildman–Crippen LogP) is 20.0. The van der Waals surface area contributed by atoms with E-state index in [9.17, 15) is 0 Å². The van der Waals surface area contributed by atoms with E-state index in [1.165, 1.54) is 67.0 Å². The van der Waals surface area contributed by atoms with Crippen molar-refractivity contribution in [2.75, 3.05) is 9.80 Å². The molecule has 0 aromatic heterocycles. The van der Waals surface area contributed by atoms with Gasteiger partial charge in [0.25, 0.3) is 0 Å². The van der Waals surface area contributed by atoms with Crippen molar-refractivity contribution in [3.05, 3.63) is 300 Å². The highest BCUT2D eigenvalue weighted by molar-refractivity contribution is 5.92. The summed E-state index contributed by atoms with van der Waals surface area (Å²) in [6.45, 7) is 14.4. The minimum atomic E-state index is 0.220. The molecule has 0 bridgehead atoms. The van der Waals surface area contributed by atoms with E-state index >= 15 is 0 Å². The molecule has 1 aliphatic carbocycles. The third-order valence-electron chi connectivity index (χ3n) is 12.5. The summed E-state index contributed by atoms with van der Waals surface area (Å²) in [7, 11) is 0. The molecule has 9 aromatic rings. The summed E-state index contributed by atoms with van der Waals surface area (Å²) < 4.78 is 0. The van der Waals surface area contributed by atoms with Gasteiger partial charge in [-0.1, -0.05) is 245 Å². The molecule has 0 fully saturated rings. The van der Waals surface area contributed by atoms with Crippen LogP contribution in [0.25, 0.3) is 28.3 Å². The quantitative estimate of drug-likeness (QED) is 0.119. The van der Waals surface area contributed by atoms with E-state index in [0.717, 1.165) is 35.5 Å². The second-order valence-corrected chi connectivity index (χ2v) is 17.5.